The van der Waals surface area contributed by atoms with E-state index >= 15 is 0 Å². The minimum absolute atomic E-state index is 0.0879. The molecule has 0 saturated heterocycles. The van der Waals surface area contributed by atoms with Crippen LogP contribution in [0.25, 0.3) is 0 Å². The maximum atomic E-state index is 11.0. The van der Waals surface area contributed by atoms with Crippen molar-refractivity contribution in [1.29, 1.82) is 0 Å². The minimum atomic E-state index is -0.376. The van der Waals surface area contributed by atoms with Crippen molar-refractivity contribution in [3.8, 4) is 0 Å². The summed E-state index contributed by atoms with van der Waals surface area (Å²) in [5.74, 6) is 0. The number of methoxy groups -OCH3 is 1. The Bertz CT molecular complexity index is 435. The zero-order valence-corrected chi connectivity index (χ0v) is 11.8. The van der Waals surface area contributed by atoms with Crippen molar-refractivity contribution in [3.63, 3.8) is 0 Å². The number of nitro benzene ring substituents is 1. The van der Waals surface area contributed by atoms with E-state index in [0.29, 0.717) is 13.2 Å². The third-order valence-electron chi connectivity index (χ3n) is 2.89. The molecule has 0 amide bonds. The summed E-state index contributed by atoms with van der Waals surface area (Å²) in [5.41, 5.74) is 1.64. The van der Waals surface area contributed by atoms with E-state index in [9.17, 15) is 10.1 Å². The average Bonchev–Trinajstić information content (AvgIpc) is 2.38. The number of hydrogen-bond acceptors (Lipinski definition) is 5. The molecule has 0 fully saturated rings. The maximum Gasteiger partial charge on any atom is 0.273 e. The highest BCUT2D eigenvalue weighted by Crippen LogP contribution is 2.27. The number of rotatable bonds is 7. The van der Waals surface area contributed by atoms with Gasteiger partial charge in [-0.25, -0.2) is 0 Å². The Labute approximate surface area is 113 Å². The summed E-state index contributed by atoms with van der Waals surface area (Å²) in [6, 6.07) is 5.26. The Hall–Kier alpha value is -1.82. The van der Waals surface area contributed by atoms with Gasteiger partial charge in [0.1, 0.15) is 0 Å². The Balaban J connectivity index is 3.13. The normalized spacial score (nSPS) is 10.6. The molecule has 0 aliphatic carbocycles. The first-order valence-electron chi connectivity index (χ1n) is 6.22. The molecule has 1 rings (SSSR count). The largest absolute Gasteiger partial charge is 0.388 e. The van der Waals surface area contributed by atoms with Crippen LogP contribution in [0.15, 0.2) is 18.2 Å². The molecule has 0 heterocycles. The lowest BCUT2D eigenvalue weighted by molar-refractivity contribution is -0.384. The molecule has 0 aliphatic heterocycles. The number of nitrogens with one attached hydrogen (secondary N) is 1. The molecule has 0 saturated carbocycles. The molecule has 6 nitrogen and oxygen atoms in total. The smallest absolute Gasteiger partial charge is 0.273 e. The highest BCUT2D eigenvalue weighted by molar-refractivity contribution is 5.64. The van der Waals surface area contributed by atoms with Crippen molar-refractivity contribution >= 4 is 17.1 Å². The summed E-state index contributed by atoms with van der Waals surface area (Å²) in [6.45, 7) is 5.37. The fourth-order valence-corrected chi connectivity index (χ4v) is 1.89. The summed E-state index contributed by atoms with van der Waals surface area (Å²) in [6.07, 6.45) is 0. The van der Waals surface area contributed by atoms with Crippen LogP contribution in [0.4, 0.5) is 17.1 Å². The predicted octanol–water partition coefficient (Wildman–Crippen LogP) is 2.50. The van der Waals surface area contributed by atoms with E-state index in [-0.39, 0.29) is 16.7 Å². The van der Waals surface area contributed by atoms with Gasteiger partial charge in [0, 0.05) is 50.3 Å². The van der Waals surface area contributed by atoms with Crippen molar-refractivity contribution in [3.05, 3.63) is 28.3 Å². The minimum Gasteiger partial charge on any atom is -0.388 e. The van der Waals surface area contributed by atoms with Crippen LogP contribution in [0.1, 0.15) is 13.8 Å². The van der Waals surface area contributed by atoms with Crippen molar-refractivity contribution in [2.45, 2.75) is 19.9 Å². The third kappa shape index (κ3) is 4.10. The molecule has 1 aromatic carbocycles. The second-order valence-electron chi connectivity index (χ2n) is 4.53. The summed E-state index contributed by atoms with van der Waals surface area (Å²) >= 11 is 0. The van der Waals surface area contributed by atoms with E-state index in [4.69, 9.17) is 4.74 Å². The van der Waals surface area contributed by atoms with Gasteiger partial charge in [0.2, 0.25) is 0 Å². The molecule has 106 valence electrons. The molecule has 1 N–H and O–H groups in total. The van der Waals surface area contributed by atoms with Gasteiger partial charge in [0.15, 0.2) is 0 Å². The monoisotopic (exact) mass is 267 g/mol. The molecule has 0 aliphatic rings. The van der Waals surface area contributed by atoms with E-state index < -0.39 is 0 Å². The van der Waals surface area contributed by atoms with Gasteiger partial charge < -0.3 is 15.0 Å². The van der Waals surface area contributed by atoms with Gasteiger partial charge in [-0.15, -0.1) is 0 Å². The topological polar surface area (TPSA) is 67.6 Å². The van der Waals surface area contributed by atoms with Gasteiger partial charge in [0.05, 0.1) is 11.5 Å². The van der Waals surface area contributed by atoms with Gasteiger partial charge >= 0.3 is 0 Å². The van der Waals surface area contributed by atoms with Crippen molar-refractivity contribution in [1.82, 2.24) is 0 Å². The fourth-order valence-electron chi connectivity index (χ4n) is 1.89. The Morgan fingerprint density at radius 2 is 2.11 bits per heavy atom. The molecule has 0 unspecified atom stereocenters. The SMILES string of the molecule is CNc1cc(N(CCOC)C(C)C)cc([N+](=O)[O-])c1. The summed E-state index contributed by atoms with van der Waals surface area (Å²) in [7, 11) is 3.39. The standard InChI is InChI=1S/C13H21N3O3/c1-10(2)15(5-6-19-4)12-7-11(14-3)8-13(9-12)16(17)18/h7-10,14H,5-6H2,1-4H3. The second kappa shape index (κ2) is 6.94. The molecular formula is C13H21N3O3. The van der Waals surface area contributed by atoms with Gasteiger partial charge in [-0.3, -0.25) is 10.1 Å². The molecule has 6 heteroatoms. The molecular weight excluding hydrogens is 246 g/mol. The first-order chi connectivity index (χ1) is 8.99. The average molecular weight is 267 g/mol. The van der Waals surface area contributed by atoms with Gasteiger partial charge in [-0.05, 0) is 19.9 Å². The van der Waals surface area contributed by atoms with Crippen molar-refractivity contribution in [2.24, 2.45) is 0 Å². The number of anilines is 2. The zero-order chi connectivity index (χ0) is 14.4. The number of non-ortho nitro benzene ring substituents is 1. The molecule has 0 bridgehead atoms. The number of nitrogens with zero attached hydrogens (tertiary/aromatic N) is 2. The van der Waals surface area contributed by atoms with Gasteiger partial charge in [-0.2, -0.15) is 0 Å². The number of benzene rings is 1. The Morgan fingerprint density at radius 1 is 1.42 bits per heavy atom. The Kier molecular flexibility index (Phi) is 5.57. The zero-order valence-electron chi connectivity index (χ0n) is 11.8. The summed E-state index contributed by atoms with van der Waals surface area (Å²) in [4.78, 5) is 12.7. The van der Waals surface area contributed by atoms with Crippen LogP contribution in [0, 0.1) is 10.1 Å². The van der Waals surface area contributed by atoms with Gasteiger partial charge in [-0.1, -0.05) is 0 Å². The molecule has 0 radical (unpaired) electrons. The third-order valence-corrected chi connectivity index (χ3v) is 2.89. The van der Waals surface area contributed by atoms with E-state index in [2.05, 4.69) is 10.2 Å². The van der Waals surface area contributed by atoms with E-state index in [1.165, 1.54) is 6.07 Å². The number of hydrogen-bond donors (Lipinski definition) is 1. The fraction of sp³-hybridized carbons (Fsp3) is 0.538. The Morgan fingerprint density at radius 3 is 2.58 bits per heavy atom. The molecule has 19 heavy (non-hydrogen) atoms. The highest BCUT2D eigenvalue weighted by atomic mass is 16.6. The molecule has 0 spiro atoms. The lowest BCUT2D eigenvalue weighted by Gasteiger charge is -2.29. The lowest BCUT2D eigenvalue weighted by atomic mass is 10.2. The van der Waals surface area contributed by atoms with Crippen LogP contribution < -0.4 is 10.2 Å². The second-order valence-corrected chi connectivity index (χ2v) is 4.53. The van der Waals surface area contributed by atoms with E-state index in [1.807, 2.05) is 19.9 Å². The van der Waals surface area contributed by atoms with Crippen LogP contribution in [0.3, 0.4) is 0 Å². The summed E-state index contributed by atoms with van der Waals surface area (Å²) < 4.78 is 5.09. The first kappa shape index (κ1) is 15.2. The first-order valence-corrected chi connectivity index (χ1v) is 6.22. The van der Waals surface area contributed by atoms with Gasteiger partial charge in [0.25, 0.3) is 5.69 Å². The van der Waals surface area contributed by atoms with Crippen LogP contribution in [-0.2, 0) is 4.74 Å². The van der Waals surface area contributed by atoms with E-state index in [0.717, 1.165) is 11.4 Å². The molecule has 0 atom stereocenters. The quantitative estimate of drug-likeness (QED) is 0.607. The van der Waals surface area contributed by atoms with Crippen LogP contribution in [0.5, 0.6) is 0 Å². The maximum absolute atomic E-state index is 11.0. The predicted molar refractivity (Wildman–Crippen MR) is 77.0 cm³/mol. The molecule has 1 aromatic rings. The van der Waals surface area contributed by atoms with Crippen LogP contribution in [0.2, 0.25) is 0 Å². The van der Waals surface area contributed by atoms with Crippen molar-refractivity contribution < 1.29 is 9.66 Å². The van der Waals surface area contributed by atoms with E-state index in [1.54, 1.807) is 20.2 Å². The summed E-state index contributed by atoms with van der Waals surface area (Å²) in [5, 5.41) is 13.9. The number of nitro groups is 1. The number of ether oxygens (including phenoxy) is 1. The van der Waals surface area contributed by atoms with Crippen molar-refractivity contribution in [2.75, 3.05) is 37.5 Å². The lowest BCUT2D eigenvalue weighted by Crippen LogP contribution is -2.33. The molecule has 0 aromatic heterocycles. The van der Waals surface area contributed by atoms with Crippen LogP contribution in [-0.4, -0.2) is 38.3 Å². The highest BCUT2D eigenvalue weighted by Gasteiger charge is 2.16. The van der Waals surface area contributed by atoms with Crippen LogP contribution >= 0.6 is 0 Å².